The molecule has 0 aliphatic rings. The Kier molecular flexibility index (Phi) is 8.19. The van der Waals surface area contributed by atoms with Gasteiger partial charge in [0, 0.05) is 6.54 Å². The predicted octanol–water partition coefficient (Wildman–Crippen LogP) is 1.46. The average Bonchev–Trinajstić information content (AvgIpc) is 2.34. The van der Waals surface area contributed by atoms with Crippen LogP contribution in [0, 0.1) is 0 Å². The zero-order valence-corrected chi connectivity index (χ0v) is 11.0. The molecule has 0 spiro atoms. The summed E-state index contributed by atoms with van der Waals surface area (Å²) in [5.74, 6) is 0.516. The third-order valence-electron chi connectivity index (χ3n) is 2.24. The van der Waals surface area contributed by atoms with Crippen molar-refractivity contribution in [2.24, 2.45) is 0 Å². The summed E-state index contributed by atoms with van der Waals surface area (Å²) in [6.45, 7) is 1.56. The molecule has 0 heterocycles. The number of methoxy groups -OCH3 is 1. The van der Waals surface area contributed by atoms with E-state index in [0.717, 1.165) is 13.0 Å². The molecule has 0 atom stereocenters. The molecular formula is C12H19ClN2O2. The second-order valence-corrected chi connectivity index (χ2v) is 3.41. The lowest BCUT2D eigenvalue weighted by Gasteiger charge is -2.08. The highest BCUT2D eigenvalue weighted by Gasteiger charge is 2.09. The van der Waals surface area contributed by atoms with Gasteiger partial charge in [-0.25, -0.2) is 0 Å². The standard InChI is InChI=1S/C12H18N2O2.ClH/c1-13-8-5-9-14-12(15)10-6-3-4-7-11(10)16-2;/h3-4,6-7,13H,5,8-9H2,1-2H3,(H,14,15);1H. The van der Waals surface area contributed by atoms with Gasteiger partial charge in [-0.05, 0) is 32.1 Å². The highest BCUT2D eigenvalue weighted by atomic mass is 35.5. The van der Waals surface area contributed by atoms with Crippen LogP contribution >= 0.6 is 12.4 Å². The van der Waals surface area contributed by atoms with Crippen LogP contribution in [0.4, 0.5) is 0 Å². The van der Waals surface area contributed by atoms with Crippen molar-refractivity contribution < 1.29 is 9.53 Å². The van der Waals surface area contributed by atoms with E-state index in [1.165, 1.54) is 0 Å². The summed E-state index contributed by atoms with van der Waals surface area (Å²) in [6, 6.07) is 7.20. The molecule has 0 saturated heterocycles. The summed E-state index contributed by atoms with van der Waals surface area (Å²) >= 11 is 0. The number of para-hydroxylation sites is 1. The highest BCUT2D eigenvalue weighted by molar-refractivity contribution is 5.96. The Morgan fingerprint density at radius 2 is 2.00 bits per heavy atom. The average molecular weight is 259 g/mol. The first-order chi connectivity index (χ1) is 7.79. The molecule has 0 unspecified atom stereocenters. The number of halogens is 1. The van der Waals surface area contributed by atoms with Crippen molar-refractivity contribution in [2.45, 2.75) is 6.42 Å². The topological polar surface area (TPSA) is 50.4 Å². The van der Waals surface area contributed by atoms with E-state index in [1.807, 2.05) is 19.2 Å². The zero-order valence-electron chi connectivity index (χ0n) is 10.2. The van der Waals surface area contributed by atoms with Gasteiger partial charge in [-0.2, -0.15) is 0 Å². The molecule has 0 fully saturated rings. The van der Waals surface area contributed by atoms with Crippen LogP contribution in [0.3, 0.4) is 0 Å². The zero-order chi connectivity index (χ0) is 11.8. The van der Waals surface area contributed by atoms with Crippen LogP contribution in [0.1, 0.15) is 16.8 Å². The van der Waals surface area contributed by atoms with Crippen molar-refractivity contribution in [3.05, 3.63) is 29.8 Å². The number of amides is 1. The number of nitrogens with one attached hydrogen (secondary N) is 2. The summed E-state index contributed by atoms with van der Waals surface area (Å²) in [5, 5.41) is 5.88. The molecule has 0 aliphatic heterocycles. The monoisotopic (exact) mass is 258 g/mol. The van der Waals surface area contributed by atoms with Crippen molar-refractivity contribution in [3.63, 3.8) is 0 Å². The molecule has 0 aliphatic carbocycles. The number of carbonyl (C=O) groups excluding carboxylic acids is 1. The van der Waals surface area contributed by atoms with Gasteiger partial charge < -0.3 is 15.4 Å². The minimum Gasteiger partial charge on any atom is -0.496 e. The Morgan fingerprint density at radius 3 is 2.65 bits per heavy atom. The van der Waals surface area contributed by atoms with Gasteiger partial charge >= 0.3 is 0 Å². The molecule has 1 aromatic rings. The lowest BCUT2D eigenvalue weighted by Crippen LogP contribution is -2.26. The predicted molar refractivity (Wildman–Crippen MR) is 71.1 cm³/mol. The van der Waals surface area contributed by atoms with E-state index in [4.69, 9.17) is 4.74 Å². The molecule has 0 bridgehead atoms. The normalized spacial score (nSPS) is 9.29. The number of benzene rings is 1. The van der Waals surface area contributed by atoms with Gasteiger partial charge in [0.05, 0.1) is 12.7 Å². The number of rotatable bonds is 6. The number of hydrogen-bond acceptors (Lipinski definition) is 3. The molecule has 0 radical (unpaired) electrons. The van der Waals surface area contributed by atoms with Gasteiger partial charge in [-0.3, -0.25) is 4.79 Å². The molecule has 5 heteroatoms. The summed E-state index contributed by atoms with van der Waals surface area (Å²) < 4.78 is 5.12. The van der Waals surface area contributed by atoms with E-state index in [0.29, 0.717) is 17.9 Å². The Balaban J connectivity index is 0.00000256. The first kappa shape index (κ1) is 15.7. The van der Waals surface area contributed by atoms with E-state index < -0.39 is 0 Å². The molecule has 4 nitrogen and oxygen atoms in total. The summed E-state index contributed by atoms with van der Waals surface area (Å²) in [6.07, 6.45) is 0.914. The molecule has 0 saturated carbocycles. The summed E-state index contributed by atoms with van der Waals surface area (Å²) in [4.78, 5) is 11.8. The maximum Gasteiger partial charge on any atom is 0.255 e. The van der Waals surface area contributed by atoms with Gasteiger partial charge in [0.15, 0.2) is 0 Å². The number of carbonyl (C=O) groups is 1. The number of ether oxygens (including phenoxy) is 1. The van der Waals surface area contributed by atoms with Crippen LogP contribution in [-0.4, -0.2) is 33.2 Å². The van der Waals surface area contributed by atoms with E-state index in [1.54, 1.807) is 19.2 Å². The highest BCUT2D eigenvalue weighted by Crippen LogP contribution is 2.16. The molecule has 17 heavy (non-hydrogen) atoms. The van der Waals surface area contributed by atoms with Gasteiger partial charge in [-0.1, -0.05) is 12.1 Å². The molecule has 1 aromatic carbocycles. The quantitative estimate of drug-likeness (QED) is 0.760. The molecule has 2 N–H and O–H groups in total. The van der Waals surface area contributed by atoms with E-state index >= 15 is 0 Å². The molecule has 1 rings (SSSR count). The lowest BCUT2D eigenvalue weighted by molar-refractivity contribution is 0.0950. The fourth-order valence-electron chi connectivity index (χ4n) is 1.39. The van der Waals surface area contributed by atoms with Crippen molar-refractivity contribution in [1.29, 1.82) is 0 Å². The minimum absolute atomic E-state index is 0. The van der Waals surface area contributed by atoms with Gasteiger partial charge in [0.2, 0.25) is 0 Å². The smallest absolute Gasteiger partial charge is 0.255 e. The van der Waals surface area contributed by atoms with Crippen molar-refractivity contribution in [1.82, 2.24) is 10.6 Å². The Morgan fingerprint density at radius 1 is 1.29 bits per heavy atom. The fourth-order valence-corrected chi connectivity index (χ4v) is 1.39. The first-order valence-electron chi connectivity index (χ1n) is 5.35. The van der Waals surface area contributed by atoms with Crippen LogP contribution in [-0.2, 0) is 0 Å². The Bertz CT molecular complexity index is 345. The molecular weight excluding hydrogens is 240 g/mol. The molecule has 1 amide bonds. The van der Waals surface area contributed by atoms with Crippen LogP contribution in [0.2, 0.25) is 0 Å². The van der Waals surface area contributed by atoms with Gasteiger partial charge in [0.25, 0.3) is 5.91 Å². The maximum atomic E-state index is 11.8. The maximum absolute atomic E-state index is 11.8. The van der Waals surface area contributed by atoms with Gasteiger partial charge in [0.1, 0.15) is 5.75 Å². The van der Waals surface area contributed by atoms with Crippen molar-refractivity contribution >= 4 is 18.3 Å². The van der Waals surface area contributed by atoms with E-state index in [-0.39, 0.29) is 18.3 Å². The van der Waals surface area contributed by atoms with Crippen LogP contribution in [0.25, 0.3) is 0 Å². The first-order valence-corrected chi connectivity index (χ1v) is 5.35. The van der Waals surface area contributed by atoms with E-state index in [2.05, 4.69) is 10.6 Å². The fraction of sp³-hybridized carbons (Fsp3) is 0.417. The molecule has 96 valence electrons. The van der Waals surface area contributed by atoms with Crippen LogP contribution < -0.4 is 15.4 Å². The van der Waals surface area contributed by atoms with E-state index in [9.17, 15) is 4.79 Å². The number of hydrogen-bond donors (Lipinski definition) is 2. The van der Waals surface area contributed by atoms with Crippen molar-refractivity contribution in [2.75, 3.05) is 27.2 Å². The Labute approximate surface area is 108 Å². The lowest BCUT2D eigenvalue weighted by atomic mass is 10.2. The minimum atomic E-state index is -0.0893. The third kappa shape index (κ3) is 5.06. The third-order valence-corrected chi connectivity index (χ3v) is 2.24. The van der Waals surface area contributed by atoms with Gasteiger partial charge in [-0.15, -0.1) is 12.4 Å². The largest absolute Gasteiger partial charge is 0.496 e. The molecule has 0 aromatic heterocycles. The van der Waals surface area contributed by atoms with Crippen LogP contribution in [0.5, 0.6) is 5.75 Å². The van der Waals surface area contributed by atoms with Crippen LogP contribution in [0.15, 0.2) is 24.3 Å². The van der Waals surface area contributed by atoms with Crippen molar-refractivity contribution in [3.8, 4) is 5.75 Å². The summed E-state index contributed by atoms with van der Waals surface area (Å²) in [5.41, 5.74) is 0.578. The SMILES string of the molecule is CNCCCNC(=O)c1ccccc1OC.Cl. The second-order valence-electron chi connectivity index (χ2n) is 3.41. The Hall–Kier alpha value is -1.26. The second kappa shape index (κ2) is 8.84. The summed E-state index contributed by atoms with van der Waals surface area (Å²) in [7, 11) is 3.45.